The van der Waals surface area contributed by atoms with E-state index in [9.17, 15) is 13.8 Å². The van der Waals surface area contributed by atoms with Gasteiger partial charge in [0.2, 0.25) is 0 Å². The lowest BCUT2D eigenvalue weighted by atomic mass is 10.4. The number of aromatic nitrogens is 2. The third-order valence-corrected chi connectivity index (χ3v) is 6.00. The average molecular weight is 346 g/mol. The minimum atomic E-state index is -1.07. The van der Waals surface area contributed by atoms with Crippen molar-refractivity contribution in [2.75, 3.05) is 12.0 Å². The molecule has 2 unspecified atom stereocenters. The normalized spacial score (nSPS) is 14.2. The molecule has 6 nitrogen and oxygen atoms in total. The van der Waals surface area contributed by atoms with E-state index in [1.54, 1.807) is 24.6 Å². The number of hydrogen-bond donors (Lipinski definition) is 1. The molecule has 0 radical (unpaired) electrons. The molecule has 2 rings (SSSR count). The quantitative estimate of drug-likeness (QED) is 0.628. The maximum Gasteiger partial charge on any atom is 0.313 e. The van der Waals surface area contributed by atoms with Crippen LogP contribution in [0, 0.1) is 0 Å². The maximum atomic E-state index is 12.5. The van der Waals surface area contributed by atoms with Crippen LogP contribution in [-0.2, 0) is 22.1 Å². The molecule has 0 spiro atoms. The lowest BCUT2D eigenvalue weighted by Crippen LogP contribution is -2.29. The summed E-state index contributed by atoms with van der Waals surface area (Å²) in [6.07, 6.45) is 1.58. The number of hydrogen-bond acceptors (Lipinski definition) is 6. The molecule has 2 aromatic heterocycles. The van der Waals surface area contributed by atoms with Crippen LogP contribution in [0.1, 0.15) is 6.92 Å². The van der Waals surface area contributed by atoms with Crippen molar-refractivity contribution in [3.8, 4) is 0 Å². The lowest BCUT2D eigenvalue weighted by molar-refractivity contribution is -0.133. The van der Waals surface area contributed by atoms with Crippen LogP contribution in [0.15, 0.2) is 21.4 Å². The predicted molar refractivity (Wildman–Crippen MR) is 85.8 cm³/mol. The van der Waals surface area contributed by atoms with E-state index in [0.717, 1.165) is 11.8 Å². The minimum absolute atomic E-state index is 0.175. The van der Waals surface area contributed by atoms with Crippen LogP contribution in [0.4, 0.5) is 0 Å². The lowest BCUT2D eigenvalue weighted by Gasteiger charge is -2.14. The molecular weight excluding hydrogens is 332 g/mol. The van der Waals surface area contributed by atoms with Gasteiger partial charge in [0.15, 0.2) is 5.16 Å². The molecule has 0 amide bonds. The Bertz CT molecular complexity index is 753. The highest BCUT2D eigenvalue weighted by molar-refractivity contribution is 7.99. The van der Waals surface area contributed by atoms with E-state index in [2.05, 4.69) is 4.98 Å². The SMILES string of the molecule is CC(Cn1c(SCC(=O)O)nc2ccsc2c1=O)S(C)=O. The van der Waals surface area contributed by atoms with Gasteiger partial charge in [-0.25, -0.2) is 4.98 Å². The Labute approximate surface area is 131 Å². The monoisotopic (exact) mass is 346 g/mol. The van der Waals surface area contributed by atoms with Crippen molar-refractivity contribution in [2.45, 2.75) is 23.9 Å². The molecule has 0 saturated heterocycles. The van der Waals surface area contributed by atoms with Gasteiger partial charge in [-0.2, -0.15) is 0 Å². The summed E-state index contributed by atoms with van der Waals surface area (Å²) in [5.41, 5.74) is 0.361. The first kappa shape index (κ1) is 16.2. The van der Waals surface area contributed by atoms with Gasteiger partial charge in [-0.15, -0.1) is 11.3 Å². The van der Waals surface area contributed by atoms with Gasteiger partial charge in [0.1, 0.15) is 4.70 Å². The number of aliphatic carboxylic acids is 1. The molecule has 0 aliphatic rings. The fraction of sp³-hybridized carbons (Fsp3) is 0.417. The van der Waals surface area contributed by atoms with Gasteiger partial charge >= 0.3 is 5.97 Å². The first-order chi connectivity index (χ1) is 9.90. The highest BCUT2D eigenvalue weighted by Crippen LogP contribution is 2.21. The van der Waals surface area contributed by atoms with Crippen LogP contribution in [0.3, 0.4) is 0 Å². The Hall–Kier alpha value is -1.19. The summed E-state index contributed by atoms with van der Waals surface area (Å²) in [7, 11) is -1.07. The van der Waals surface area contributed by atoms with E-state index in [-0.39, 0.29) is 23.1 Å². The smallest absolute Gasteiger partial charge is 0.313 e. The Morgan fingerprint density at radius 2 is 2.33 bits per heavy atom. The zero-order chi connectivity index (χ0) is 15.6. The molecule has 0 bridgehead atoms. The molecule has 9 heteroatoms. The first-order valence-corrected chi connectivity index (χ1v) is 9.53. The molecule has 2 heterocycles. The highest BCUT2D eigenvalue weighted by Gasteiger charge is 2.17. The minimum Gasteiger partial charge on any atom is -0.481 e. The fourth-order valence-electron chi connectivity index (χ4n) is 1.68. The zero-order valence-electron chi connectivity index (χ0n) is 11.4. The second-order valence-electron chi connectivity index (χ2n) is 4.44. The molecule has 0 aliphatic heterocycles. The van der Waals surface area contributed by atoms with Gasteiger partial charge in [-0.1, -0.05) is 11.8 Å². The standard InChI is InChI=1S/C12H14N2O4S3/c1-7(21(2)18)5-14-11(17)10-8(3-4-19-10)13-12(14)20-6-9(15)16/h3-4,7H,5-6H2,1-2H3,(H,15,16). The van der Waals surface area contributed by atoms with Crippen molar-refractivity contribution in [1.82, 2.24) is 9.55 Å². The highest BCUT2D eigenvalue weighted by atomic mass is 32.2. The molecular formula is C12H14N2O4S3. The van der Waals surface area contributed by atoms with Crippen molar-refractivity contribution in [2.24, 2.45) is 0 Å². The number of carbonyl (C=O) groups is 1. The van der Waals surface area contributed by atoms with Crippen molar-refractivity contribution in [3.05, 3.63) is 21.8 Å². The molecule has 2 aromatic rings. The van der Waals surface area contributed by atoms with E-state index in [0.29, 0.717) is 15.4 Å². The van der Waals surface area contributed by atoms with Crippen LogP contribution in [-0.4, -0.2) is 42.1 Å². The number of thiophene rings is 1. The Kier molecular flexibility index (Phi) is 5.17. The summed E-state index contributed by atoms with van der Waals surface area (Å²) in [4.78, 5) is 27.6. The summed E-state index contributed by atoms with van der Waals surface area (Å²) in [5.74, 6) is -1.15. The number of thioether (sulfide) groups is 1. The third kappa shape index (κ3) is 3.72. The molecule has 2 atom stereocenters. The molecule has 21 heavy (non-hydrogen) atoms. The van der Waals surface area contributed by atoms with E-state index in [4.69, 9.17) is 5.11 Å². The Morgan fingerprint density at radius 1 is 1.62 bits per heavy atom. The summed E-state index contributed by atoms with van der Waals surface area (Å²) in [6.45, 7) is 2.04. The zero-order valence-corrected chi connectivity index (χ0v) is 13.9. The maximum absolute atomic E-state index is 12.5. The van der Waals surface area contributed by atoms with E-state index in [1.807, 2.05) is 0 Å². The third-order valence-electron chi connectivity index (χ3n) is 2.86. The predicted octanol–water partition coefficient (Wildman–Crippen LogP) is 1.40. The summed E-state index contributed by atoms with van der Waals surface area (Å²) in [6, 6.07) is 1.73. The topological polar surface area (TPSA) is 89.3 Å². The van der Waals surface area contributed by atoms with E-state index >= 15 is 0 Å². The van der Waals surface area contributed by atoms with Crippen LogP contribution in [0.25, 0.3) is 10.2 Å². The van der Waals surface area contributed by atoms with Gasteiger partial charge in [0.05, 0.1) is 11.3 Å². The van der Waals surface area contributed by atoms with Gasteiger partial charge in [0, 0.05) is 28.9 Å². The largest absolute Gasteiger partial charge is 0.481 e. The molecule has 1 N–H and O–H groups in total. The van der Waals surface area contributed by atoms with Crippen molar-refractivity contribution >= 4 is 50.1 Å². The van der Waals surface area contributed by atoms with Gasteiger partial charge in [-0.3, -0.25) is 18.4 Å². The number of carboxylic acid groups (broad SMARTS) is 1. The number of nitrogens with zero attached hydrogens (tertiary/aromatic N) is 2. The second-order valence-corrected chi connectivity index (χ2v) is 8.10. The van der Waals surface area contributed by atoms with E-state index in [1.165, 1.54) is 15.9 Å². The molecule has 0 aromatic carbocycles. The van der Waals surface area contributed by atoms with Crippen LogP contribution in [0.2, 0.25) is 0 Å². The average Bonchev–Trinajstić information content (AvgIpc) is 2.88. The molecule has 114 valence electrons. The van der Waals surface area contributed by atoms with Gasteiger partial charge < -0.3 is 5.11 Å². The fourth-order valence-corrected chi connectivity index (χ4v) is 3.55. The Morgan fingerprint density at radius 3 is 2.95 bits per heavy atom. The van der Waals surface area contributed by atoms with Crippen LogP contribution in [0.5, 0.6) is 0 Å². The van der Waals surface area contributed by atoms with Crippen LogP contribution < -0.4 is 5.56 Å². The Balaban J connectivity index is 2.49. The number of rotatable bonds is 6. The molecule has 0 aliphatic carbocycles. The first-order valence-electron chi connectivity index (χ1n) is 6.05. The summed E-state index contributed by atoms with van der Waals surface area (Å²) >= 11 is 2.30. The van der Waals surface area contributed by atoms with Crippen molar-refractivity contribution in [3.63, 3.8) is 0 Å². The van der Waals surface area contributed by atoms with Crippen LogP contribution >= 0.6 is 23.1 Å². The van der Waals surface area contributed by atoms with Crippen molar-refractivity contribution in [1.29, 1.82) is 0 Å². The summed E-state index contributed by atoms with van der Waals surface area (Å²) < 4.78 is 13.5. The number of carboxylic acids is 1. The number of fused-ring (bicyclic) bond motifs is 1. The second kappa shape index (κ2) is 6.71. The summed E-state index contributed by atoms with van der Waals surface area (Å²) in [5, 5.41) is 10.7. The molecule has 0 saturated carbocycles. The van der Waals surface area contributed by atoms with Crippen molar-refractivity contribution < 1.29 is 14.1 Å². The van der Waals surface area contributed by atoms with Gasteiger partial charge in [0.25, 0.3) is 5.56 Å². The van der Waals surface area contributed by atoms with E-state index < -0.39 is 16.8 Å². The molecule has 0 fully saturated rings. The van der Waals surface area contributed by atoms with Gasteiger partial charge in [-0.05, 0) is 18.4 Å².